The Hall–Kier alpha value is -4.15. The molecule has 0 aliphatic heterocycles. The van der Waals surface area contributed by atoms with Crippen LogP contribution >= 0.6 is 0 Å². The number of aromatic nitrogens is 1. The molecule has 0 spiro atoms. The smallest absolute Gasteiger partial charge is 0.284 e. The summed E-state index contributed by atoms with van der Waals surface area (Å²) in [6.07, 6.45) is 1.52. The van der Waals surface area contributed by atoms with Gasteiger partial charge in [0.05, 0.1) is 21.7 Å². The van der Waals surface area contributed by atoms with E-state index in [1.807, 2.05) is 68.4 Å². The van der Waals surface area contributed by atoms with Gasteiger partial charge in [-0.2, -0.15) is 13.7 Å². The summed E-state index contributed by atoms with van der Waals surface area (Å²) in [6.45, 7) is 3.84. The Morgan fingerprint density at radius 1 is 0.879 bits per heavy atom. The second-order valence-electron chi connectivity index (χ2n) is 7.72. The number of hydrogen-bond donors (Lipinski definition) is 1. The summed E-state index contributed by atoms with van der Waals surface area (Å²) in [5, 5.41) is 9.74. The van der Waals surface area contributed by atoms with Crippen LogP contribution in [0.4, 0.5) is 5.69 Å². The fourth-order valence-electron chi connectivity index (χ4n) is 3.48. The monoisotopic (exact) mass is 454 g/mol. The second-order valence-corrected chi connectivity index (χ2v) is 9.32. The Morgan fingerprint density at radius 2 is 1.45 bits per heavy atom. The van der Waals surface area contributed by atoms with Gasteiger partial charge in [0, 0.05) is 11.9 Å². The minimum Gasteiger partial charge on any atom is -0.397 e. The van der Waals surface area contributed by atoms with Gasteiger partial charge in [-0.3, -0.25) is 4.57 Å². The molecule has 2 N–H and O–H groups in total. The first-order chi connectivity index (χ1) is 15.8. The standard InChI is InChI=1S/C26H22N4O2S/c1-18-8-12-22(13-9-18)30-17-21(16-27)25(28)24(20-6-4-3-5-7-20)26(30)29-33(31,32)23-14-10-19(2)11-15-23/h3-15,17H,28H2,1-2H3/b29-26-. The van der Waals surface area contributed by atoms with Gasteiger partial charge >= 0.3 is 0 Å². The second kappa shape index (κ2) is 8.77. The third kappa shape index (κ3) is 4.43. The van der Waals surface area contributed by atoms with Crippen LogP contribution in [0.5, 0.6) is 0 Å². The van der Waals surface area contributed by atoms with Gasteiger partial charge in [-0.1, -0.05) is 65.7 Å². The quantitative estimate of drug-likeness (QED) is 0.490. The number of nitriles is 1. The zero-order valence-corrected chi connectivity index (χ0v) is 19.0. The number of nitrogens with zero attached hydrogens (tertiary/aromatic N) is 3. The van der Waals surface area contributed by atoms with Crippen molar-refractivity contribution in [2.45, 2.75) is 18.7 Å². The predicted molar refractivity (Wildman–Crippen MR) is 129 cm³/mol. The van der Waals surface area contributed by atoms with E-state index in [1.54, 1.807) is 16.7 Å². The van der Waals surface area contributed by atoms with Crippen molar-refractivity contribution >= 4 is 15.7 Å². The minimum absolute atomic E-state index is 0.0745. The summed E-state index contributed by atoms with van der Waals surface area (Å²) >= 11 is 0. The van der Waals surface area contributed by atoms with Gasteiger partial charge in [-0.25, -0.2) is 0 Å². The lowest BCUT2D eigenvalue weighted by atomic mass is 10.0. The third-order valence-electron chi connectivity index (χ3n) is 5.29. The summed E-state index contributed by atoms with van der Waals surface area (Å²) in [7, 11) is -4.07. The van der Waals surface area contributed by atoms with E-state index in [4.69, 9.17) is 5.73 Å². The Balaban J connectivity index is 2.14. The molecule has 0 bridgehead atoms. The summed E-state index contributed by atoms with van der Waals surface area (Å²) in [5.41, 5.74) is 10.6. The van der Waals surface area contributed by atoms with Crippen LogP contribution in [0, 0.1) is 25.2 Å². The molecular formula is C26H22N4O2S. The van der Waals surface area contributed by atoms with E-state index in [-0.39, 0.29) is 21.6 Å². The van der Waals surface area contributed by atoms with E-state index in [2.05, 4.69) is 10.5 Å². The molecule has 0 aliphatic rings. The average Bonchev–Trinajstić information content (AvgIpc) is 2.81. The van der Waals surface area contributed by atoms with Crippen molar-refractivity contribution in [3.8, 4) is 22.9 Å². The fraction of sp³-hybridized carbons (Fsp3) is 0.0769. The number of aryl methyl sites for hydroxylation is 2. The van der Waals surface area contributed by atoms with Gasteiger partial charge in [-0.15, -0.1) is 4.40 Å². The molecule has 1 heterocycles. The molecule has 0 saturated heterocycles. The highest BCUT2D eigenvalue weighted by atomic mass is 32.2. The third-order valence-corrected chi connectivity index (χ3v) is 6.57. The molecule has 0 fully saturated rings. The predicted octanol–water partition coefficient (Wildman–Crippen LogP) is 4.50. The van der Waals surface area contributed by atoms with Gasteiger partial charge in [0.15, 0.2) is 5.49 Å². The SMILES string of the molecule is Cc1ccc(-n2cc(C#N)c(N)c(-c3ccccc3)/c2=N/S(=O)(=O)c2ccc(C)cc2)cc1. The zero-order valence-electron chi connectivity index (χ0n) is 18.2. The first-order valence-electron chi connectivity index (χ1n) is 10.3. The van der Waals surface area contributed by atoms with Gasteiger partial charge in [0.2, 0.25) is 0 Å². The molecule has 164 valence electrons. The fourth-order valence-corrected chi connectivity index (χ4v) is 4.47. The van der Waals surface area contributed by atoms with Crippen LogP contribution in [0.2, 0.25) is 0 Å². The maximum atomic E-state index is 13.3. The number of pyridine rings is 1. The summed E-state index contributed by atoms with van der Waals surface area (Å²) in [6, 6.07) is 25.2. The molecule has 33 heavy (non-hydrogen) atoms. The van der Waals surface area contributed by atoms with Crippen molar-refractivity contribution in [3.05, 3.63) is 107 Å². The molecule has 0 amide bonds. The van der Waals surface area contributed by atoms with E-state index >= 15 is 0 Å². The molecule has 3 aromatic carbocycles. The van der Waals surface area contributed by atoms with Crippen LogP contribution in [-0.2, 0) is 10.0 Å². The number of benzene rings is 3. The van der Waals surface area contributed by atoms with Gasteiger partial charge in [0.25, 0.3) is 10.0 Å². The maximum absolute atomic E-state index is 13.3. The maximum Gasteiger partial charge on any atom is 0.284 e. The highest BCUT2D eigenvalue weighted by molar-refractivity contribution is 7.90. The van der Waals surface area contributed by atoms with Crippen LogP contribution in [0.1, 0.15) is 16.7 Å². The van der Waals surface area contributed by atoms with Crippen molar-refractivity contribution in [1.29, 1.82) is 5.26 Å². The first-order valence-corrected chi connectivity index (χ1v) is 11.7. The van der Waals surface area contributed by atoms with Crippen LogP contribution < -0.4 is 11.2 Å². The number of sulfonamides is 1. The van der Waals surface area contributed by atoms with E-state index in [9.17, 15) is 13.7 Å². The minimum atomic E-state index is -4.07. The molecule has 0 atom stereocenters. The van der Waals surface area contributed by atoms with Gasteiger partial charge in [0.1, 0.15) is 6.07 Å². The molecule has 7 heteroatoms. The summed E-state index contributed by atoms with van der Waals surface area (Å²) in [4.78, 5) is 0.0745. The normalized spacial score (nSPS) is 11.8. The number of nitrogen functional groups attached to an aromatic ring is 1. The molecule has 0 saturated carbocycles. The first kappa shape index (κ1) is 22.1. The van der Waals surface area contributed by atoms with Crippen molar-refractivity contribution < 1.29 is 8.42 Å². The summed E-state index contributed by atoms with van der Waals surface area (Å²) in [5.74, 6) is 0. The van der Waals surface area contributed by atoms with Gasteiger partial charge < -0.3 is 5.73 Å². The highest BCUT2D eigenvalue weighted by Gasteiger charge is 2.19. The molecule has 0 aliphatic carbocycles. The van der Waals surface area contributed by atoms with Crippen molar-refractivity contribution in [1.82, 2.24) is 4.57 Å². The lowest BCUT2D eigenvalue weighted by Crippen LogP contribution is -2.25. The molecule has 0 radical (unpaired) electrons. The van der Waals surface area contributed by atoms with Crippen molar-refractivity contribution in [2.75, 3.05) is 5.73 Å². The lowest BCUT2D eigenvalue weighted by Gasteiger charge is -2.16. The zero-order chi connectivity index (χ0) is 23.6. The van der Waals surface area contributed by atoms with E-state index in [1.165, 1.54) is 18.3 Å². The van der Waals surface area contributed by atoms with Crippen LogP contribution in [-0.4, -0.2) is 13.0 Å². The molecule has 0 unspecified atom stereocenters. The van der Waals surface area contributed by atoms with E-state index in [0.717, 1.165) is 11.1 Å². The lowest BCUT2D eigenvalue weighted by molar-refractivity contribution is 0.596. The number of rotatable bonds is 4. The highest BCUT2D eigenvalue weighted by Crippen LogP contribution is 2.27. The van der Waals surface area contributed by atoms with Crippen molar-refractivity contribution in [2.24, 2.45) is 4.40 Å². The molecular weight excluding hydrogens is 432 g/mol. The topological polar surface area (TPSA) is 101 Å². The van der Waals surface area contributed by atoms with Crippen LogP contribution in [0.25, 0.3) is 16.8 Å². The Labute approximate surface area is 193 Å². The molecule has 6 nitrogen and oxygen atoms in total. The molecule has 4 aromatic rings. The average molecular weight is 455 g/mol. The van der Waals surface area contributed by atoms with E-state index < -0.39 is 10.0 Å². The summed E-state index contributed by atoms with van der Waals surface area (Å²) < 4.78 is 32.5. The Morgan fingerprint density at radius 3 is 2.03 bits per heavy atom. The van der Waals surface area contributed by atoms with E-state index in [0.29, 0.717) is 16.8 Å². The molecule has 4 rings (SSSR count). The molecule has 1 aromatic heterocycles. The number of anilines is 1. The van der Waals surface area contributed by atoms with Crippen LogP contribution in [0.15, 0.2) is 94.4 Å². The Kier molecular flexibility index (Phi) is 5.86. The van der Waals surface area contributed by atoms with Gasteiger partial charge in [-0.05, 0) is 43.7 Å². The largest absolute Gasteiger partial charge is 0.397 e. The Bertz CT molecular complexity index is 1530. The number of nitrogens with two attached hydrogens (primary N) is 1. The number of hydrogen-bond acceptors (Lipinski definition) is 4. The van der Waals surface area contributed by atoms with Crippen molar-refractivity contribution in [3.63, 3.8) is 0 Å². The van der Waals surface area contributed by atoms with Crippen LogP contribution in [0.3, 0.4) is 0 Å².